The van der Waals surface area contributed by atoms with E-state index >= 15 is 0 Å². The fraction of sp³-hybridized carbons (Fsp3) is 0.588. The van der Waals surface area contributed by atoms with Gasteiger partial charge in [-0.15, -0.1) is 0 Å². The van der Waals surface area contributed by atoms with Gasteiger partial charge < -0.3 is 10.2 Å². The maximum atomic E-state index is 11.0. The molecule has 0 saturated heterocycles. The Bertz CT molecular complexity index is 448. The summed E-state index contributed by atoms with van der Waals surface area (Å²) in [4.78, 5) is 12.9. The molecule has 2 N–H and O–H groups in total. The Labute approximate surface area is 127 Å². The lowest BCUT2D eigenvalue weighted by atomic mass is 9.87. The molecule has 0 saturated carbocycles. The van der Waals surface area contributed by atoms with E-state index in [0.717, 1.165) is 5.56 Å². The highest BCUT2D eigenvalue weighted by Gasteiger charge is 2.17. The minimum Gasteiger partial charge on any atom is -0.481 e. The molecule has 0 spiro atoms. The summed E-state index contributed by atoms with van der Waals surface area (Å²) >= 11 is 0. The van der Waals surface area contributed by atoms with Crippen LogP contribution < -0.4 is 0 Å². The van der Waals surface area contributed by atoms with Crippen LogP contribution in [0.25, 0.3) is 0 Å². The van der Waals surface area contributed by atoms with Crippen molar-refractivity contribution in [2.45, 2.75) is 39.7 Å². The van der Waals surface area contributed by atoms with Crippen LogP contribution in [0.3, 0.4) is 0 Å². The molecular formula is C17H27NO3. The summed E-state index contributed by atoms with van der Waals surface area (Å²) in [6, 6.07) is 8.40. The average molecular weight is 293 g/mol. The van der Waals surface area contributed by atoms with E-state index in [-0.39, 0.29) is 12.0 Å². The van der Waals surface area contributed by atoms with Crippen LogP contribution in [0.1, 0.15) is 38.8 Å². The quantitative estimate of drug-likeness (QED) is 0.811. The number of aliphatic carboxylic acids is 1. The zero-order chi connectivity index (χ0) is 16.0. The minimum atomic E-state index is -0.805. The highest BCUT2D eigenvalue weighted by atomic mass is 16.4. The Kier molecular flexibility index (Phi) is 6.37. The van der Waals surface area contributed by atoms with E-state index in [2.05, 4.69) is 45.0 Å². The lowest BCUT2D eigenvalue weighted by Crippen LogP contribution is -2.33. The molecule has 1 rings (SSSR count). The van der Waals surface area contributed by atoms with Crippen LogP contribution in [-0.2, 0) is 16.8 Å². The van der Waals surface area contributed by atoms with Gasteiger partial charge in [0.25, 0.3) is 0 Å². The van der Waals surface area contributed by atoms with Gasteiger partial charge in [-0.25, -0.2) is 0 Å². The van der Waals surface area contributed by atoms with Crippen LogP contribution in [0.4, 0.5) is 0 Å². The molecular weight excluding hydrogens is 266 g/mol. The van der Waals surface area contributed by atoms with Crippen molar-refractivity contribution in [2.75, 3.05) is 19.7 Å². The molecule has 1 aromatic carbocycles. The minimum absolute atomic E-state index is 0.0341. The van der Waals surface area contributed by atoms with Gasteiger partial charge in [0, 0.05) is 19.6 Å². The topological polar surface area (TPSA) is 60.8 Å². The number of aliphatic hydroxyl groups is 1. The molecule has 1 unspecified atom stereocenters. The van der Waals surface area contributed by atoms with Crippen molar-refractivity contribution in [1.29, 1.82) is 0 Å². The highest BCUT2D eigenvalue weighted by molar-refractivity contribution is 5.69. The maximum Gasteiger partial charge on any atom is 0.307 e. The zero-order valence-electron chi connectivity index (χ0n) is 13.5. The molecule has 4 heteroatoms. The van der Waals surface area contributed by atoms with Gasteiger partial charge in [-0.05, 0) is 16.5 Å². The van der Waals surface area contributed by atoms with Gasteiger partial charge in [-0.1, -0.05) is 52.0 Å². The van der Waals surface area contributed by atoms with Crippen LogP contribution in [0.15, 0.2) is 24.3 Å². The molecule has 0 heterocycles. The maximum absolute atomic E-state index is 11.0. The molecule has 0 fully saturated rings. The fourth-order valence-electron chi connectivity index (χ4n) is 2.21. The number of hydrogen-bond acceptors (Lipinski definition) is 3. The summed E-state index contributed by atoms with van der Waals surface area (Å²) in [6.07, 6.45) is 0. The van der Waals surface area contributed by atoms with E-state index in [1.54, 1.807) is 6.92 Å². The van der Waals surface area contributed by atoms with E-state index < -0.39 is 11.9 Å². The molecule has 0 amide bonds. The van der Waals surface area contributed by atoms with Crippen molar-refractivity contribution in [3.05, 3.63) is 35.4 Å². The van der Waals surface area contributed by atoms with Crippen molar-refractivity contribution in [3.8, 4) is 0 Å². The number of hydrogen-bond donors (Lipinski definition) is 2. The molecule has 0 aliphatic rings. The molecule has 0 aliphatic carbocycles. The molecule has 1 atom stereocenters. The third kappa shape index (κ3) is 5.86. The number of carbonyl (C=O) groups is 1. The van der Waals surface area contributed by atoms with Crippen LogP contribution >= 0.6 is 0 Å². The van der Waals surface area contributed by atoms with E-state index in [1.807, 2.05) is 4.90 Å². The van der Waals surface area contributed by atoms with Gasteiger partial charge in [-0.2, -0.15) is 0 Å². The predicted octanol–water partition coefficient (Wildman–Crippen LogP) is 2.50. The number of benzene rings is 1. The molecule has 0 bridgehead atoms. The summed E-state index contributed by atoms with van der Waals surface area (Å²) in [6.45, 7) is 9.83. The molecule has 21 heavy (non-hydrogen) atoms. The smallest absolute Gasteiger partial charge is 0.307 e. The van der Waals surface area contributed by atoms with Gasteiger partial charge in [0.05, 0.1) is 12.5 Å². The van der Waals surface area contributed by atoms with E-state index in [1.165, 1.54) is 5.56 Å². The second-order valence-corrected chi connectivity index (χ2v) is 6.64. The molecule has 118 valence electrons. The lowest BCUT2D eigenvalue weighted by molar-refractivity contribution is -0.141. The van der Waals surface area contributed by atoms with Crippen LogP contribution in [0.2, 0.25) is 0 Å². The number of carboxylic acids is 1. The van der Waals surface area contributed by atoms with Gasteiger partial charge in [0.1, 0.15) is 0 Å². The first-order chi connectivity index (χ1) is 9.74. The monoisotopic (exact) mass is 293 g/mol. The fourth-order valence-corrected chi connectivity index (χ4v) is 2.21. The molecule has 0 aliphatic heterocycles. The summed E-state index contributed by atoms with van der Waals surface area (Å²) in [5.74, 6) is -1.24. The molecule has 0 radical (unpaired) electrons. The van der Waals surface area contributed by atoms with Gasteiger partial charge in [0.2, 0.25) is 0 Å². The number of aliphatic hydroxyl groups excluding tert-OH is 1. The largest absolute Gasteiger partial charge is 0.481 e. The SMILES string of the molecule is CC(CN(CCO)Cc1ccc(C(C)(C)C)cc1)C(=O)O. The second kappa shape index (κ2) is 7.57. The standard InChI is InChI=1S/C17H27NO3/c1-13(16(20)21)11-18(9-10-19)12-14-5-7-15(8-6-14)17(2,3)4/h5-8,13,19H,9-12H2,1-4H3,(H,20,21). The first-order valence-electron chi connectivity index (χ1n) is 7.39. The third-order valence-corrected chi connectivity index (χ3v) is 3.60. The molecule has 4 nitrogen and oxygen atoms in total. The Balaban J connectivity index is 2.73. The van der Waals surface area contributed by atoms with Crippen molar-refractivity contribution >= 4 is 5.97 Å². The van der Waals surface area contributed by atoms with Crippen molar-refractivity contribution in [3.63, 3.8) is 0 Å². The number of rotatable bonds is 7. The Hall–Kier alpha value is -1.39. The zero-order valence-corrected chi connectivity index (χ0v) is 13.5. The van der Waals surface area contributed by atoms with E-state index in [0.29, 0.717) is 19.6 Å². The summed E-state index contributed by atoms with van der Waals surface area (Å²) in [5, 5.41) is 18.1. The van der Waals surface area contributed by atoms with E-state index in [4.69, 9.17) is 10.2 Å². The van der Waals surface area contributed by atoms with Crippen molar-refractivity contribution < 1.29 is 15.0 Å². The van der Waals surface area contributed by atoms with Crippen LogP contribution in [-0.4, -0.2) is 40.8 Å². The number of carboxylic acid groups (broad SMARTS) is 1. The first-order valence-corrected chi connectivity index (χ1v) is 7.39. The van der Waals surface area contributed by atoms with Crippen LogP contribution in [0, 0.1) is 5.92 Å². The van der Waals surface area contributed by atoms with Gasteiger partial charge in [-0.3, -0.25) is 9.69 Å². The summed E-state index contributed by atoms with van der Waals surface area (Å²) in [7, 11) is 0. The Morgan fingerprint density at radius 3 is 2.24 bits per heavy atom. The molecule has 1 aromatic rings. The molecule has 0 aromatic heterocycles. The number of nitrogens with zero attached hydrogens (tertiary/aromatic N) is 1. The normalized spacial score (nSPS) is 13.4. The summed E-state index contributed by atoms with van der Waals surface area (Å²) in [5.41, 5.74) is 2.54. The Morgan fingerprint density at radius 1 is 1.24 bits per heavy atom. The van der Waals surface area contributed by atoms with Gasteiger partial charge in [0.15, 0.2) is 0 Å². The van der Waals surface area contributed by atoms with Crippen molar-refractivity contribution in [1.82, 2.24) is 4.90 Å². The Morgan fingerprint density at radius 2 is 1.81 bits per heavy atom. The average Bonchev–Trinajstić information content (AvgIpc) is 2.38. The summed E-state index contributed by atoms with van der Waals surface area (Å²) < 4.78 is 0. The highest BCUT2D eigenvalue weighted by Crippen LogP contribution is 2.22. The van der Waals surface area contributed by atoms with Gasteiger partial charge >= 0.3 is 5.97 Å². The van der Waals surface area contributed by atoms with Crippen LogP contribution in [0.5, 0.6) is 0 Å². The van der Waals surface area contributed by atoms with E-state index in [9.17, 15) is 4.79 Å². The lowest BCUT2D eigenvalue weighted by Gasteiger charge is -2.24. The second-order valence-electron chi connectivity index (χ2n) is 6.64. The first kappa shape index (κ1) is 17.7. The predicted molar refractivity (Wildman–Crippen MR) is 84.3 cm³/mol. The van der Waals surface area contributed by atoms with Crippen molar-refractivity contribution in [2.24, 2.45) is 5.92 Å². The third-order valence-electron chi connectivity index (χ3n) is 3.60.